The van der Waals surface area contributed by atoms with E-state index in [2.05, 4.69) is 0 Å². The van der Waals surface area contributed by atoms with Crippen molar-refractivity contribution in [3.05, 3.63) is 23.0 Å². The van der Waals surface area contributed by atoms with Crippen molar-refractivity contribution in [1.29, 1.82) is 0 Å². The fraction of sp³-hybridized carbons (Fsp3) is 0.364. The van der Waals surface area contributed by atoms with Crippen LogP contribution in [0.4, 0.5) is 10.1 Å². The van der Waals surface area contributed by atoms with Gasteiger partial charge in [-0.1, -0.05) is 0 Å². The maximum atomic E-state index is 13.5. The van der Waals surface area contributed by atoms with Crippen molar-refractivity contribution in [2.45, 2.75) is 12.3 Å². The zero-order chi connectivity index (χ0) is 11.4. The van der Waals surface area contributed by atoms with E-state index in [0.717, 1.165) is 6.42 Å². The van der Waals surface area contributed by atoms with Crippen molar-refractivity contribution in [2.24, 2.45) is 5.92 Å². The summed E-state index contributed by atoms with van der Waals surface area (Å²) in [6.07, 6.45) is 0.940. The normalized spacial score (nSPS) is 25.3. The maximum Gasteiger partial charge on any atom is 0.341 e. The lowest BCUT2D eigenvalue weighted by molar-refractivity contribution is 0.0691. The summed E-state index contributed by atoms with van der Waals surface area (Å²) in [7, 11) is 0. The first kappa shape index (κ1) is 9.45. The summed E-state index contributed by atoms with van der Waals surface area (Å²) in [6.45, 7) is 0.503. The van der Waals surface area contributed by atoms with Gasteiger partial charge in [-0.25, -0.2) is 9.18 Å². The van der Waals surface area contributed by atoms with Crippen LogP contribution in [0.5, 0.6) is 5.75 Å². The van der Waals surface area contributed by atoms with E-state index < -0.39 is 11.8 Å². The van der Waals surface area contributed by atoms with Crippen molar-refractivity contribution in [2.75, 3.05) is 12.3 Å². The van der Waals surface area contributed by atoms with E-state index in [1.54, 1.807) is 0 Å². The number of carboxylic acid groups (broad SMARTS) is 1. The molecule has 2 unspecified atom stereocenters. The summed E-state index contributed by atoms with van der Waals surface area (Å²) in [5, 5.41) is 9.02. The van der Waals surface area contributed by atoms with Gasteiger partial charge in [0.15, 0.2) is 0 Å². The summed E-state index contributed by atoms with van der Waals surface area (Å²) in [6, 6.07) is 1.31. The minimum absolute atomic E-state index is 0.236. The van der Waals surface area contributed by atoms with Gasteiger partial charge >= 0.3 is 5.97 Å². The monoisotopic (exact) mass is 223 g/mol. The van der Waals surface area contributed by atoms with Crippen LogP contribution in [0.25, 0.3) is 0 Å². The van der Waals surface area contributed by atoms with Gasteiger partial charge in [0.2, 0.25) is 0 Å². The molecule has 1 aromatic rings. The van der Waals surface area contributed by atoms with Crippen molar-refractivity contribution in [3.63, 3.8) is 0 Å². The molecule has 5 heteroatoms. The number of carboxylic acids is 1. The number of anilines is 1. The minimum atomic E-state index is -1.24. The number of ether oxygens (including phenoxy) is 1. The smallest absolute Gasteiger partial charge is 0.341 e. The maximum absolute atomic E-state index is 13.5. The Kier molecular flexibility index (Phi) is 1.70. The molecule has 1 aromatic carbocycles. The molecular weight excluding hydrogens is 213 g/mol. The Hall–Kier alpha value is -1.78. The molecule has 0 amide bonds. The Morgan fingerprint density at radius 2 is 2.38 bits per heavy atom. The van der Waals surface area contributed by atoms with Gasteiger partial charge in [0, 0.05) is 11.5 Å². The van der Waals surface area contributed by atoms with Gasteiger partial charge in [-0.15, -0.1) is 0 Å². The molecule has 2 atom stereocenters. The molecule has 4 nitrogen and oxygen atoms in total. The molecule has 1 aliphatic heterocycles. The van der Waals surface area contributed by atoms with E-state index in [-0.39, 0.29) is 22.9 Å². The van der Waals surface area contributed by atoms with Crippen molar-refractivity contribution < 1.29 is 19.0 Å². The van der Waals surface area contributed by atoms with Gasteiger partial charge in [0.05, 0.1) is 12.3 Å². The quantitative estimate of drug-likeness (QED) is 0.709. The first-order valence-corrected chi connectivity index (χ1v) is 5.07. The molecule has 3 N–H and O–H groups in total. The number of halogens is 1. The van der Waals surface area contributed by atoms with E-state index in [1.165, 1.54) is 6.07 Å². The lowest BCUT2D eigenvalue weighted by atomic mass is 10.00. The highest BCUT2D eigenvalue weighted by Crippen LogP contribution is 2.55. The molecule has 0 saturated heterocycles. The fourth-order valence-electron chi connectivity index (χ4n) is 2.31. The van der Waals surface area contributed by atoms with Gasteiger partial charge in [-0.05, 0) is 18.4 Å². The molecule has 0 aromatic heterocycles. The third-order valence-corrected chi connectivity index (χ3v) is 3.28. The summed E-state index contributed by atoms with van der Waals surface area (Å²) < 4.78 is 18.9. The van der Waals surface area contributed by atoms with Crippen LogP contribution in [-0.2, 0) is 0 Å². The summed E-state index contributed by atoms with van der Waals surface area (Å²) in [5.41, 5.74) is 5.51. The first-order chi connectivity index (χ1) is 7.59. The van der Waals surface area contributed by atoms with E-state index >= 15 is 0 Å². The molecule has 1 aliphatic carbocycles. The number of nitrogens with two attached hydrogens (primary N) is 1. The standard InChI is InChI=1S/C11H10FNO3/c12-7-2-6-5-1-4(5)3-16-10(6)8(9(7)13)11(14)15/h2,4-5H,1,3,13H2,(H,14,15). The number of hydrogen-bond acceptors (Lipinski definition) is 3. The number of rotatable bonds is 1. The van der Waals surface area contributed by atoms with Crippen LogP contribution in [0.2, 0.25) is 0 Å². The van der Waals surface area contributed by atoms with Gasteiger partial charge in [-0.3, -0.25) is 0 Å². The van der Waals surface area contributed by atoms with Gasteiger partial charge < -0.3 is 15.6 Å². The average molecular weight is 223 g/mol. The van der Waals surface area contributed by atoms with E-state index in [0.29, 0.717) is 18.1 Å². The first-order valence-electron chi connectivity index (χ1n) is 5.07. The van der Waals surface area contributed by atoms with Crippen LogP contribution in [0.15, 0.2) is 6.07 Å². The molecule has 1 saturated carbocycles. The van der Waals surface area contributed by atoms with E-state index in [4.69, 9.17) is 15.6 Å². The van der Waals surface area contributed by atoms with Crippen LogP contribution < -0.4 is 10.5 Å². The molecule has 16 heavy (non-hydrogen) atoms. The second kappa shape index (κ2) is 2.87. The number of carbonyl (C=O) groups is 1. The predicted molar refractivity (Wildman–Crippen MR) is 54.1 cm³/mol. The molecule has 84 valence electrons. The molecular formula is C11H10FNO3. The van der Waals surface area contributed by atoms with Crippen molar-refractivity contribution in [1.82, 2.24) is 0 Å². The Balaban J connectivity index is 2.26. The fourth-order valence-corrected chi connectivity index (χ4v) is 2.31. The third-order valence-electron chi connectivity index (χ3n) is 3.28. The van der Waals surface area contributed by atoms with Crippen LogP contribution >= 0.6 is 0 Å². The van der Waals surface area contributed by atoms with E-state index in [9.17, 15) is 9.18 Å². The highest BCUT2D eigenvalue weighted by atomic mass is 19.1. The highest BCUT2D eigenvalue weighted by molar-refractivity contribution is 5.97. The minimum Gasteiger partial charge on any atom is -0.492 e. The molecule has 0 spiro atoms. The Morgan fingerprint density at radius 3 is 3.06 bits per heavy atom. The van der Waals surface area contributed by atoms with Crippen LogP contribution in [-0.4, -0.2) is 17.7 Å². The molecule has 2 aliphatic rings. The molecule has 1 fully saturated rings. The molecule has 0 radical (unpaired) electrons. The van der Waals surface area contributed by atoms with Gasteiger partial charge in [-0.2, -0.15) is 0 Å². The summed E-state index contributed by atoms with van der Waals surface area (Å²) >= 11 is 0. The van der Waals surface area contributed by atoms with Crippen LogP contribution in [0.3, 0.4) is 0 Å². The zero-order valence-electron chi connectivity index (χ0n) is 8.37. The van der Waals surface area contributed by atoms with Crippen molar-refractivity contribution >= 4 is 11.7 Å². The number of hydrogen-bond donors (Lipinski definition) is 2. The summed E-state index contributed by atoms with van der Waals surface area (Å²) in [5.74, 6) is -1.00. The molecule has 1 heterocycles. The number of aromatic carboxylic acids is 1. The predicted octanol–water partition coefficient (Wildman–Crippen LogP) is 1.60. The van der Waals surface area contributed by atoms with Crippen LogP contribution in [0.1, 0.15) is 28.3 Å². The SMILES string of the molecule is Nc1c(F)cc2c(c1C(=O)O)OCC1CC21. The van der Waals surface area contributed by atoms with Gasteiger partial charge in [0.25, 0.3) is 0 Å². The molecule has 3 rings (SSSR count). The van der Waals surface area contributed by atoms with E-state index in [1.807, 2.05) is 0 Å². The summed E-state index contributed by atoms with van der Waals surface area (Å²) in [4.78, 5) is 11.0. The zero-order valence-corrected chi connectivity index (χ0v) is 8.37. The largest absolute Gasteiger partial charge is 0.492 e. The second-order valence-corrected chi connectivity index (χ2v) is 4.28. The lowest BCUT2D eigenvalue weighted by Crippen LogP contribution is -2.15. The van der Waals surface area contributed by atoms with Crippen LogP contribution in [0, 0.1) is 11.7 Å². The second-order valence-electron chi connectivity index (χ2n) is 4.28. The molecule has 0 bridgehead atoms. The number of fused-ring (bicyclic) bond motifs is 3. The third kappa shape index (κ3) is 1.11. The Labute approximate surface area is 90.8 Å². The Morgan fingerprint density at radius 1 is 1.62 bits per heavy atom. The highest BCUT2D eigenvalue weighted by Gasteiger charge is 2.45. The topological polar surface area (TPSA) is 72.6 Å². The number of benzene rings is 1. The lowest BCUT2D eigenvalue weighted by Gasteiger charge is -2.20. The van der Waals surface area contributed by atoms with Crippen molar-refractivity contribution in [3.8, 4) is 5.75 Å². The average Bonchev–Trinajstić information content (AvgIpc) is 2.98. The number of nitrogen functional groups attached to an aromatic ring is 1. The Bertz CT molecular complexity index is 500. The van der Waals surface area contributed by atoms with Gasteiger partial charge in [0.1, 0.15) is 17.1 Å².